The van der Waals surface area contributed by atoms with Crippen LogP contribution in [0.3, 0.4) is 0 Å². The second kappa shape index (κ2) is 6.73. The van der Waals surface area contributed by atoms with Crippen molar-refractivity contribution in [1.29, 1.82) is 5.26 Å². The molecule has 0 heterocycles. The van der Waals surface area contributed by atoms with Crippen molar-refractivity contribution in [3.05, 3.63) is 76.8 Å². The zero-order chi connectivity index (χ0) is 16.2. The lowest BCUT2D eigenvalue weighted by molar-refractivity contribution is 0.415. The highest BCUT2D eigenvalue weighted by Crippen LogP contribution is 2.31. The summed E-state index contributed by atoms with van der Waals surface area (Å²) in [6.45, 7) is 0. The van der Waals surface area contributed by atoms with Crippen LogP contribution in [-0.4, -0.2) is 7.11 Å². The number of fused-ring (bicyclic) bond motifs is 1. The van der Waals surface area contributed by atoms with Crippen LogP contribution in [0.4, 0.5) is 0 Å². The lowest BCUT2D eigenvalue weighted by Gasteiger charge is -2.13. The molecule has 0 spiro atoms. The summed E-state index contributed by atoms with van der Waals surface area (Å²) >= 11 is 6.19. The molecule has 0 fully saturated rings. The molecule has 3 aromatic rings. The third kappa shape index (κ3) is 3.16. The molecule has 0 aliphatic rings. The van der Waals surface area contributed by atoms with E-state index in [0.29, 0.717) is 17.2 Å². The van der Waals surface area contributed by atoms with Crippen LogP contribution in [0, 0.1) is 11.3 Å². The van der Waals surface area contributed by atoms with Gasteiger partial charge in [-0.25, -0.2) is 0 Å². The predicted octanol–water partition coefficient (Wildman–Crippen LogP) is 5.35. The van der Waals surface area contributed by atoms with Crippen molar-refractivity contribution in [3.63, 3.8) is 0 Å². The quantitative estimate of drug-likeness (QED) is 0.648. The summed E-state index contributed by atoms with van der Waals surface area (Å²) in [4.78, 5) is 0. The van der Waals surface area contributed by atoms with E-state index in [1.165, 1.54) is 16.3 Å². The zero-order valence-corrected chi connectivity index (χ0v) is 13.5. The fourth-order valence-corrected chi connectivity index (χ4v) is 3.09. The molecule has 23 heavy (non-hydrogen) atoms. The first-order chi connectivity index (χ1) is 11.2. The Morgan fingerprint density at radius 2 is 1.87 bits per heavy atom. The van der Waals surface area contributed by atoms with E-state index in [1.807, 2.05) is 36.4 Å². The normalized spacial score (nSPS) is 11.9. The summed E-state index contributed by atoms with van der Waals surface area (Å²) in [5, 5.41) is 12.5. The molecule has 0 aromatic heterocycles. The van der Waals surface area contributed by atoms with Gasteiger partial charge in [-0.3, -0.25) is 0 Å². The van der Waals surface area contributed by atoms with Gasteiger partial charge in [0, 0.05) is 0 Å². The largest absolute Gasteiger partial charge is 0.495 e. The van der Waals surface area contributed by atoms with E-state index >= 15 is 0 Å². The topological polar surface area (TPSA) is 33.0 Å². The zero-order valence-electron chi connectivity index (χ0n) is 12.8. The average molecular weight is 322 g/mol. The Balaban J connectivity index is 1.96. The number of rotatable bonds is 4. The molecule has 0 aliphatic carbocycles. The predicted molar refractivity (Wildman–Crippen MR) is 94.0 cm³/mol. The minimum atomic E-state index is -0.246. The lowest BCUT2D eigenvalue weighted by Crippen LogP contribution is -2.01. The van der Waals surface area contributed by atoms with Crippen molar-refractivity contribution in [2.45, 2.75) is 12.3 Å². The molecule has 0 radical (unpaired) electrons. The average Bonchev–Trinajstić information content (AvgIpc) is 2.59. The SMILES string of the molecule is COc1ccc(C(C#N)Cc2cccc3ccccc23)cc1Cl. The van der Waals surface area contributed by atoms with Crippen molar-refractivity contribution in [1.82, 2.24) is 0 Å². The van der Waals surface area contributed by atoms with Crippen molar-refractivity contribution >= 4 is 22.4 Å². The number of nitrogens with zero attached hydrogens (tertiary/aromatic N) is 1. The molecule has 0 bridgehead atoms. The van der Waals surface area contributed by atoms with Gasteiger partial charge < -0.3 is 4.74 Å². The van der Waals surface area contributed by atoms with E-state index in [0.717, 1.165) is 5.56 Å². The molecule has 0 N–H and O–H groups in total. The Morgan fingerprint density at radius 3 is 2.61 bits per heavy atom. The maximum absolute atomic E-state index is 9.61. The molecule has 3 heteroatoms. The number of methoxy groups -OCH3 is 1. The summed E-state index contributed by atoms with van der Waals surface area (Å²) in [5.74, 6) is 0.376. The van der Waals surface area contributed by atoms with Crippen LogP contribution in [-0.2, 0) is 6.42 Å². The van der Waals surface area contributed by atoms with Crippen LogP contribution in [0.5, 0.6) is 5.75 Å². The molecule has 1 atom stereocenters. The van der Waals surface area contributed by atoms with Crippen LogP contribution in [0.2, 0.25) is 5.02 Å². The van der Waals surface area contributed by atoms with Gasteiger partial charge in [0.1, 0.15) is 5.75 Å². The fraction of sp³-hybridized carbons (Fsp3) is 0.150. The van der Waals surface area contributed by atoms with E-state index < -0.39 is 0 Å². The van der Waals surface area contributed by atoms with Gasteiger partial charge in [0.2, 0.25) is 0 Å². The fourth-order valence-electron chi connectivity index (χ4n) is 2.83. The first-order valence-corrected chi connectivity index (χ1v) is 7.80. The third-order valence-electron chi connectivity index (χ3n) is 4.04. The molecule has 0 saturated carbocycles. The van der Waals surface area contributed by atoms with Crippen molar-refractivity contribution in [2.24, 2.45) is 0 Å². The number of benzene rings is 3. The Morgan fingerprint density at radius 1 is 1.09 bits per heavy atom. The summed E-state index contributed by atoms with van der Waals surface area (Å²) < 4.78 is 5.17. The molecule has 2 nitrogen and oxygen atoms in total. The number of hydrogen-bond donors (Lipinski definition) is 0. The second-order valence-corrected chi connectivity index (χ2v) is 5.83. The Labute approximate surface area is 140 Å². The van der Waals surface area contributed by atoms with E-state index in [-0.39, 0.29) is 5.92 Å². The second-order valence-electron chi connectivity index (χ2n) is 5.42. The van der Waals surface area contributed by atoms with Gasteiger partial charge >= 0.3 is 0 Å². The van der Waals surface area contributed by atoms with Gasteiger partial charge in [-0.15, -0.1) is 0 Å². The van der Waals surface area contributed by atoms with E-state index in [1.54, 1.807) is 7.11 Å². The van der Waals surface area contributed by atoms with Gasteiger partial charge in [0.15, 0.2) is 0 Å². The first kappa shape index (κ1) is 15.4. The van der Waals surface area contributed by atoms with Gasteiger partial charge in [-0.2, -0.15) is 5.26 Å². The minimum absolute atomic E-state index is 0.246. The molecule has 1 unspecified atom stereocenters. The van der Waals surface area contributed by atoms with Gasteiger partial charge in [-0.05, 0) is 40.5 Å². The van der Waals surface area contributed by atoms with Gasteiger partial charge in [0.05, 0.1) is 24.1 Å². The summed E-state index contributed by atoms with van der Waals surface area (Å²) in [7, 11) is 1.58. The van der Waals surface area contributed by atoms with Crippen molar-refractivity contribution < 1.29 is 4.74 Å². The summed E-state index contributed by atoms with van der Waals surface area (Å²) in [5.41, 5.74) is 2.08. The smallest absolute Gasteiger partial charge is 0.137 e. The highest BCUT2D eigenvalue weighted by molar-refractivity contribution is 6.32. The van der Waals surface area contributed by atoms with Crippen LogP contribution < -0.4 is 4.74 Å². The van der Waals surface area contributed by atoms with Crippen LogP contribution in [0.25, 0.3) is 10.8 Å². The minimum Gasteiger partial charge on any atom is -0.495 e. The molecule has 0 saturated heterocycles. The first-order valence-electron chi connectivity index (χ1n) is 7.42. The maximum Gasteiger partial charge on any atom is 0.137 e. The monoisotopic (exact) mass is 321 g/mol. The molecule has 3 rings (SSSR count). The van der Waals surface area contributed by atoms with E-state index in [9.17, 15) is 5.26 Å². The number of ether oxygens (including phenoxy) is 1. The van der Waals surface area contributed by atoms with Gasteiger partial charge in [0.25, 0.3) is 0 Å². The van der Waals surface area contributed by atoms with Crippen LogP contribution in [0.1, 0.15) is 17.0 Å². The highest BCUT2D eigenvalue weighted by Gasteiger charge is 2.15. The van der Waals surface area contributed by atoms with Crippen molar-refractivity contribution in [3.8, 4) is 11.8 Å². The molecular weight excluding hydrogens is 306 g/mol. The Kier molecular flexibility index (Phi) is 4.50. The Bertz CT molecular complexity index is 877. The summed E-state index contributed by atoms with van der Waals surface area (Å²) in [6.07, 6.45) is 0.653. The maximum atomic E-state index is 9.61. The standard InChI is InChI=1S/C20H16ClNO/c1-23-20-10-9-15(12-19(20)21)17(13-22)11-16-7-4-6-14-5-2-3-8-18(14)16/h2-10,12,17H,11H2,1H3. The number of hydrogen-bond acceptors (Lipinski definition) is 2. The van der Waals surface area contributed by atoms with Crippen LogP contribution in [0.15, 0.2) is 60.7 Å². The number of nitriles is 1. The number of halogens is 1. The van der Waals surface area contributed by atoms with E-state index in [2.05, 4.69) is 30.3 Å². The van der Waals surface area contributed by atoms with E-state index in [4.69, 9.17) is 16.3 Å². The third-order valence-corrected chi connectivity index (χ3v) is 4.33. The van der Waals surface area contributed by atoms with Gasteiger partial charge in [-0.1, -0.05) is 60.1 Å². The molecule has 3 aromatic carbocycles. The lowest BCUT2D eigenvalue weighted by atomic mass is 9.91. The molecule has 0 aliphatic heterocycles. The molecule has 114 valence electrons. The van der Waals surface area contributed by atoms with Crippen LogP contribution >= 0.6 is 11.6 Å². The molecular formula is C20H16ClNO. The molecule has 0 amide bonds. The summed E-state index contributed by atoms with van der Waals surface area (Å²) in [6, 6.07) is 22.4. The van der Waals surface area contributed by atoms with Crippen molar-refractivity contribution in [2.75, 3.05) is 7.11 Å². The highest BCUT2D eigenvalue weighted by atomic mass is 35.5. The Hall–Kier alpha value is -2.50.